The molecule has 2 aromatic carbocycles. The Balaban J connectivity index is 1.52. The first-order chi connectivity index (χ1) is 13.8. The van der Waals surface area contributed by atoms with E-state index in [0.717, 1.165) is 4.90 Å². The lowest BCUT2D eigenvalue weighted by molar-refractivity contribution is -0.133. The molecule has 29 heavy (non-hydrogen) atoms. The van der Waals surface area contributed by atoms with Gasteiger partial charge in [-0.05, 0) is 49.2 Å². The van der Waals surface area contributed by atoms with Crippen molar-refractivity contribution in [2.24, 2.45) is 0 Å². The quantitative estimate of drug-likeness (QED) is 0.748. The first-order valence-electron chi connectivity index (χ1n) is 8.89. The third kappa shape index (κ3) is 3.25. The number of carbonyl (C=O) groups excluding carboxylic acids is 3. The second kappa shape index (κ2) is 6.97. The number of nitrogens with zero attached hydrogens (tertiary/aromatic N) is 1. The Morgan fingerprint density at radius 1 is 1.24 bits per heavy atom. The molecule has 2 heterocycles. The summed E-state index contributed by atoms with van der Waals surface area (Å²) < 4.78 is 10.6. The smallest absolute Gasteiger partial charge is 0.325 e. The van der Waals surface area contributed by atoms with Crippen LogP contribution in [0.5, 0.6) is 11.5 Å². The van der Waals surface area contributed by atoms with E-state index in [4.69, 9.17) is 21.1 Å². The van der Waals surface area contributed by atoms with Gasteiger partial charge in [0.05, 0.1) is 0 Å². The number of nitrogens with one attached hydrogen (secondary N) is 2. The predicted molar refractivity (Wildman–Crippen MR) is 105 cm³/mol. The SMILES string of the molecule is Cc1c(Cl)cccc1NC(=O)CN1C(=O)N[C@](C)(c2ccc3c(c2)OCO3)C1=O. The number of benzene rings is 2. The fraction of sp³-hybridized carbons (Fsp3) is 0.250. The highest BCUT2D eigenvalue weighted by Crippen LogP contribution is 2.37. The minimum atomic E-state index is -1.32. The number of hydrogen-bond acceptors (Lipinski definition) is 5. The van der Waals surface area contributed by atoms with E-state index in [0.29, 0.717) is 33.3 Å². The van der Waals surface area contributed by atoms with E-state index in [1.807, 2.05) is 0 Å². The van der Waals surface area contributed by atoms with Gasteiger partial charge in [-0.2, -0.15) is 0 Å². The zero-order chi connectivity index (χ0) is 20.8. The number of anilines is 1. The fourth-order valence-electron chi connectivity index (χ4n) is 3.32. The molecule has 0 bridgehead atoms. The van der Waals surface area contributed by atoms with Gasteiger partial charge in [0.25, 0.3) is 5.91 Å². The summed E-state index contributed by atoms with van der Waals surface area (Å²) in [5.41, 5.74) is 0.441. The standard InChI is InChI=1S/C20H18ClN3O5/c1-11-13(21)4-3-5-14(11)22-17(25)9-24-18(26)20(2,23-19(24)27)12-6-7-15-16(8-12)29-10-28-15/h3-8H,9-10H2,1-2H3,(H,22,25)(H,23,27)/t20-/m1/s1. The maximum atomic E-state index is 13.0. The van der Waals surface area contributed by atoms with Gasteiger partial charge in [0.15, 0.2) is 11.5 Å². The molecule has 0 saturated carbocycles. The van der Waals surface area contributed by atoms with Crippen LogP contribution in [0.2, 0.25) is 5.02 Å². The molecule has 0 aliphatic carbocycles. The van der Waals surface area contributed by atoms with Crippen LogP contribution in [-0.4, -0.2) is 36.1 Å². The van der Waals surface area contributed by atoms with Gasteiger partial charge in [-0.3, -0.25) is 14.5 Å². The first-order valence-corrected chi connectivity index (χ1v) is 9.26. The largest absolute Gasteiger partial charge is 0.454 e. The summed E-state index contributed by atoms with van der Waals surface area (Å²) in [6.07, 6.45) is 0. The number of halogens is 1. The Labute approximate surface area is 171 Å². The van der Waals surface area contributed by atoms with Crippen LogP contribution in [0.15, 0.2) is 36.4 Å². The lowest BCUT2D eigenvalue weighted by Crippen LogP contribution is -2.42. The normalized spacial score (nSPS) is 20.0. The minimum absolute atomic E-state index is 0.102. The Kier molecular flexibility index (Phi) is 4.58. The molecular formula is C20H18ClN3O5. The molecule has 0 radical (unpaired) electrons. The molecule has 0 spiro atoms. The molecule has 2 aliphatic rings. The molecule has 2 aromatic rings. The van der Waals surface area contributed by atoms with Gasteiger partial charge < -0.3 is 20.1 Å². The molecule has 0 aromatic heterocycles. The summed E-state index contributed by atoms with van der Waals surface area (Å²) in [6, 6.07) is 9.48. The molecule has 1 saturated heterocycles. The number of fused-ring (bicyclic) bond motifs is 1. The van der Waals surface area contributed by atoms with Crippen molar-refractivity contribution in [3.63, 3.8) is 0 Å². The summed E-state index contributed by atoms with van der Waals surface area (Å²) in [7, 11) is 0. The Morgan fingerprint density at radius 2 is 2.00 bits per heavy atom. The van der Waals surface area contributed by atoms with Crippen molar-refractivity contribution in [1.82, 2.24) is 10.2 Å². The van der Waals surface area contributed by atoms with Crippen LogP contribution in [-0.2, 0) is 15.1 Å². The number of rotatable bonds is 4. The lowest BCUT2D eigenvalue weighted by atomic mass is 9.91. The van der Waals surface area contributed by atoms with Crippen molar-refractivity contribution in [2.45, 2.75) is 19.4 Å². The number of carbonyl (C=O) groups is 3. The highest BCUT2D eigenvalue weighted by molar-refractivity contribution is 6.31. The van der Waals surface area contributed by atoms with E-state index in [-0.39, 0.29) is 6.79 Å². The molecule has 1 atom stereocenters. The van der Waals surface area contributed by atoms with Gasteiger partial charge in [0.1, 0.15) is 12.1 Å². The number of imide groups is 1. The third-order valence-corrected chi connectivity index (χ3v) is 5.48. The Hall–Kier alpha value is -3.26. The molecule has 1 fully saturated rings. The van der Waals surface area contributed by atoms with Crippen LogP contribution in [0, 0.1) is 6.92 Å². The average Bonchev–Trinajstić information content (AvgIpc) is 3.24. The summed E-state index contributed by atoms with van der Waals surface area (Å²) in [6.45, 7) is 3.04. The highest BCUT2D eigenvalue weighted by atomic mass is 35.5. The molecule has 2 aliphatic heterocycles. The molecule has 4 rings (SSSR count). The van der Waals surface area contributed by atoms with Gasteiger partial charge in [-0.1, -0.05) is 23.7 Å². The minimum Gasteiger partial charge on any atom is -0.454 e. The second-order valence-corrected chi connectivity index (χ2v) is 7.38. The first kappa shape index (κ1) is 19.1. The molecule has 4 amide bonds. The van der Waals surface area contributed by atoms with Crippen LogP contribution in [0.25, 0.3) is 0 Å². The molecule has 0 unspecified atom stereocenters. The van der Waals surface area contributed by atoms with Gasteiger partial charge in [0.2, 0.25) is 12.7 Å². The van der Waals surface area contributed by atoms with Crippen molar-refractivity contribution in [2.75, 3.05) is 18.7 Å². The van der Waals surface area contributed by atoms with E-state index < -0.39 is 29.9 Å². The molecule has 8 nitrogen and oxygen atoms in total. The molecular weight excluding hydrogens is 398 g/mol. The van der Waals surface area contributed by atoms with E-state index in [1.54, 1.807) is 50.2 Å². The Morgan fingerprint density at radius 3 is 2.79 bits per heavy atom. The number of ether oxygens (including phenoxy) is 2. The summed E-state index contributed by atoms with van der Waals surface area (Å²) in [5.74, 6) is 0.0359. The summed E-state index contributed by atoms with van der Waals surface area (Å²) in [5, 5.41) is 5.86. The number of urea groups is 1. The van der Waals surface area contributed by atoms with Crippen molar-refractivity contribution in [1.29, 1.82) is 0 Å². The lowest BCUT2D eigenvalue weighted by Gasteiger charge is -2.22. The van der Waals surface area contributed by atoms with Crippen LogP contribution in [0.3, 0.4) is 0 Å². The zero-order valence-corrected chi connectivity index (χ0v) is 16.5. The van der Waals surface area contributed by atoms with Crippen molar-refractivity contribution in [3.05, 3.63) is 52.5 Å². The number of amides is 4. The average molecular weight is 416 g/mol. The number of hydrogen-bond donors (Lipinski definition) is 2. The van der Waals surface area contributed by atoms with Crippen LogP contribution < -0.4 is 20.1 Å². The highest BCUT2D eigenvalue weighted by Gasteiger charge is 2.49. The van der Waals surface area contributed by atoms with Crippen LogP contribution in [0.1, 0.15) is 18.1 Å². The van der Waals surface area contributed by atoms with Gasteiger partial charge in [-0.25, -0.2) is 4.79 Å². The van der Waals surface area contributed by atoms with Crippen LogP contribution in [0.4, 0.5) is 10.5 Å². The van der Waals surface area contributed by atoms with Gasteiger partial charge in [0, 0.05) is 10.7 Å². The maximum absolute atomic E-state index is 13.0. The fourth-order valence-corrected chi connectivity index (χ4v) is 3.49. The maximum Gasteiger partial charge on any atom is 0.325 e. The van der Waals surface area contributed by atoms with Gasteiger partial charge in [-0.15, -0.1) is 0 Å². The molecule has 2 N–H and O–H groups in total. The van der Waals surface area contributed by atoms with E-state index in [2.05, 4.69) is 10.6 Å². The van der Waals surface area contributed by atoms with Crippen molar-refractivity contribution in [3.8, 4) is 11.5 Å². The second-order valence-electron chi connectivity index (χ2n) is 6.98. The topological polar surface area (TPSA) is 97.0 Å². The van der Waals surface area contributed by atoms with Gasteiger partial charge >= 0.3 is 6.03 Å². The van der Waals surface area contributed by atoms with Crippen molar-refractivity contribution < 1.29 is 23.9 Å². The molecule has 150 valence electrons. The monoisotopic (exact) mass is 415 g/mol. The summed E-state index contributed by atoms with van der Waals surface area (Å²) >= 11 is 6.06. The molecule has 9 heteroatoms. The van der Waals surface area contributed by atoms with E-state index in [9.17, 15) is 14.4 Å². The van der Waals surface area contributed by atoms with E-state index in [1.165, 1.54) is 0 Å². The predicted octanol–water partition coefficient (Wildman–Crippen LogP) is 2.78. The van der Waals surface area contributed by atoms with Crippen molar-refractivity contribution >= 4 is 35.1 Å². The zero-order valence-electron chi connectivity index (χ0n) is 15.7. The third-order valence-electron chi connectivity index (χ3n) is 5.07. The summed E-state index contributed by atoms with van der Waals surface area (Å²) in [4.78, 5) is 38.8. The van der Waals surface area contributed by atoms with Crippen LogP contribution >= 0.6 is 11.6 Å². The Bertz CT molecular complexity index is 1040. The van der Waals surface area contributed by atoms with E-state index >= 15 is 0 Å².